The van der Waals surface area contributed by atoms with Gasteiger partial charge in [0.2, 0.25) is 0 Å². The zero-order chi connectivity index (χ0) is 13.3. The number of aromatic hydroxyl groups is 1. The quantitative estimate of drug-likeness (QED) is 0.787. The molecule has 2 aromatic rings. The first kappa shape index (κ1) is 12.4. The summed E-state index contributed by atoms with van der Waals surface area (Å²) in [5, 5.41) is 16.1. The first-order valence-corrected chi connectivity index (χ1v) is 5.85. The maximum Gasteiger partial charge on any atom is 0.257 e. The summed E-state index contributed by atoms with van der Waals surface area (Å²) in [6.45, 7) is 0. The van der Waals surface area contributed by atoms with Gasteiger partial charge in [0.15, 0.2) is 5.82 Å². The van der Waals surface area contributed by atoms with E-state index >= 15 is 0 Å². The van der Waals surface area contributed by atoms with Gasteiger partial charge in [0.1, 0.15) is 5.75 Å². The van der Waals surface area contributed by atoms with Crippen molar-refractivity contribution < 1.29 is 9.90 Å². The molecule has 2 rings (SSSR count). The number of rotatable bonds is 2. The molecule has 0 atom stereocenters. The van der Waals surface area contributed by atoms with Gasteiger partial charge >= 0.3 is 0 Å². The number of aryl methyl sites for hydroxylation is 1. The van der Waals surface area contributed by atoms with Gasteiger partial charge in [-0.25, -0.2) is 0 Å². The van der Waals surface area contributed by atoms with Crippen molar-refractivity contribution in [3.8, 4) is 5.75 Å². The first-order valence-electron chi connectivity index (χ1n) is 5.06. The van der Waals surface area contributed by atoms with E-state index in [1.54, 1.807) is 19.2 Å². The van der Waals surface area contributed by atoms with E-state index in [9.17, 15) is 9.90 Å². The fourth-order valence-electron chi connectivity index (χ4n) is 1.44. The van der Waals surface area contributed by atoms with Gasteiger partial charge in [0, 0.05) is 12.6 Å². The van der Waals surface area contributed by atoms with E-state index in [1.807, 2.05) is 0 Å². The first-order chi connectivity index (χ1) is 8.49. The molecule has 0 radical (unpaired) electrons. The Hall–Kier alpha value is -2.02. The number of benzene rings is 1. The number of hydrogen-bond donors (Lipinski definition) is 3. The molecule has 0 aliphatic carbocycles. The standard InChI is InChI=1S/C11H11BrN4O2/c1-16-10(8(13)5-14-16)15-11(18)6-2-3-7(12)9(17)4-6/h2-5,17H,13H2,1H3,(H,15,18). The second-order valence-electron chi connectivity index (χ2n) is 3.69. The molecule has 0 aliphatic heterocycles. The molecule has 0 aliphatic rings. The minimum atomic E-state index is -0.367. The van der Waals surface area contributed by atoms with E-state index < -0.39 is 0 Å². The van der Waals surface area contributed by atoms with E-state index in [0.717, 1.165) is 0 Å². The molecule has 0 saturated heterocycles. The second kappa shape index (κ2) is 4.69. The summed E-state index contributed by atoms with van der Waals surface area (Å²) < 4.78 is 1.99. The summed E-state index contributed by atoms with van der Waals surface area (Å²) >= 11 is 3.15. The maximum absolute atomic E-state index is 11.9. The molecule has 0 spiro atoms. The number of nitrogens with one attached hydrogen (secondary N) is 1. The van der Waals surface area contributed by atoms with Gasteiger partial charge in [-0.3, -0.25) is 9.48 Å². The summed E-state index contributed by atoms with van der Waals surface area (Å²) in [6, 6.07) is 4.55. The van der Waals surface area contributed by atoms with Crippen molar-refractivity contribution in [2.45, 2.75) is 0 Å². The number of hydrogen-bond acceptors (Lipinski definition) is 4. The highest BCUT2D eigenvalue weighted by Gasteiger charge is 2.12. The molecule has 1 aromatic carbocycles. The highest BCUT2D eigenvalue weighted by Crippen LogP contribution is 2.25. The number of nitrogens with zero attached hydrogens (tertiary/aromatic N) is 2. The van der Waals surface area contributed by atoms with Crippen LogP contribution in [0.5, 0.6) is 5.75 Å². The third-order valence-electron chi connectivity index (χ3n) is 2.41. The van der Waals surface area contributed by atoms with Crippen molar-refractivity contribution in [2.75, 3.05) is 11.1 Å². The number of amides is 1. The molecule has 4 N–H and O–H groups in total. The average molecular weight is 311 g/mol. The maximum atomic E-state index is 11.9. The summed E-state index contributed by atoms with van der Waals surface area (Å²) in [6.07, 6.45) is 1.45. The van der Waals surface area contributed by atoms with Gasteiger partial charge in [-0.15, -0.1) is 0 Å². The molecule has 18 heavy (non-hydrogen) atoms. The lowest BCUT2D eigenvalue weighted by atomic mass is 10.2. The van der Waals surface area contributed by atoms with Gasteiger partial charge < -0.3 is 16.2 Å². The monoisotopic (exact) mass is 310 g/mol. The van der Waals surface area contributed by atoms with Gasteiger partial charge in [0.25, 0.3) is 5.91 Å². The zero-order valence-corrected chi connectivity index (χ0v) is 11.1. The number of carbonyl (C=O) groups is 1. The Balaban J connectivity index is 2.25. The molecule has 0 saturated carbocycles. The van der Waals surface area contributed by atoms with Crippen molar-refractivity contribution in [3.05, 3.63) is 34.4 Å². The Morgan fingerprint density at radius 2 is 2.28 bits per heavy atom. The van der Waals surface area contributed by atoms with Crippen molar-refractivity contribution >= 4 is 33.3 Å². The molecule has 0 bridgehead atoms. The Kier molecular flexibility index (Phi) is 3.24. The van der Waals surface area contributed by atoms with Crippen LogP contribution in [0.2, 0.25) is 0 Å². The Labute approximate surface area is 112 Å². The molecule has 1 aromatic heterocycles. The van der Waals surface area contributed by atoms with Crippen LogP contribution in [0.3, 0.4) is 0 Å². The third-order valence-corrected chi connectivity index (χ3v) is 3.08. The minimum Gasteiger partial charge on any atom is -0.507 e. The van der Waals surface area contributed by atoms with Gasteiger partial charge in [-0.05, 0) is 34.1 Å². The predicted molar refractivity (Wildman–Crippen MR) is 71.4 cm³/mol. The molecule has 6 nitrogen and oxygen atoms in total. The summed E-state index contributed by atoms with van der Waals surface area (Å²) in [7, 11) is 1.67. The number of carbonyl (C=O) groups excluding carboxylic acids is 1. The summed E-state index contributed by atoms with van der Waals surface area (Å²) in [5.74, 6) is 0.0520. The van der Waals surface area contributed by atoms with Crippen LogP contribution in [0.15, 0.2) is 28.9 Å². The number of aromatic nitrogens is 2. The lowest BCUT2D eigenvalue weighted by Crippen LogP contribution is -2.15. The highest BCUT2D eigenvalue weighted by atomic mass is 79.9. The van der Waals surface area contributed by atoms with Crippen LogP contribution in [0.4, 0.5) is 11.5 Å². The number of halogens is 1. The Morgan fingerprint density at radius 3 is 2.83 bits per heavy atom. The van der Waals surface area contributed by atoms with Gasteiger partial charge in [-0.1, -0.05) is 0 Å². The number of phenols is 1. The molecule has 7 heteroatoms. The van der Waals surface area contributed by atoms with Gasteiger partial charge in [-0.2, -0.15) is 5.10 Å². The van der Waals surface area contributed by atoms with Crippen molar-refractivity contribution in [1.82, 2.24) is 9.78 Å². The molecular weight excluding hydrogens is 300 g/mol. The SMILES string of the molecule is Cn1ncc(N)c1NC(=O)c1ccc(Br)c(O)c1. The lowest BCUT2D eigenvalue weighted by Gasteiger charge is -2.07. The predicted octanol–water partition coefficient (Wildman–Crippen LogP) is 1.72. The van der Waals surface area contributed by atoms with Crippen molar-refractivity contribution in [1.29, 1.82) is 0 Å². The van der Waals surface area contributed by atoms with E-state index in [0.29, 0.717) is 21.5 Å². The number of phenolic OH excluding ortho intramolecular Hbond substituents is 1. The second-order valence-corrected chi connectivity index (χ2v) is 4.55. The molecular formula is C11H11BrN4O2. The van der Waals surface area contributed by atoms with Crippen molar-refractivity contribution in [3.63, 3.8) is 0 Å². The van der Waals surface area contributed by atoms with E-state index in [2.05, 4.69) is 26.3 Å². The van der Waals surface area contributed by atoms with E-state index in [4.69, 9.17) is 5.73 Å². The fraction of sp³-hybridized carbons (Fsp3) is 0.0909. The number of nitrogen functional groups attached to an aromatic ring is 1. The molecule has 1 heterocycles. The molecule has 1 amide bonds. The fourth-order valence-corrected chi connectivity index (χ4v) is 1.69. The average Bonchev–Trinajstić information content (AvgIpc) is 2.64. The number of nitrogens with two attached hydrogens (primary N) is 1. The third kappa shape index (κ3) is 2.30. The van der Waals surface area contributed by atoms with Crippen molar-refractivity contribution in [2.24, 2.45) is 7.05 Å². The Bertz CT molecular complexity index is 590. The van der Waals surface area contributed by atoms with Crippen LogP contribution in [-0.4, -0.2) is 20.8 Å². The minimum absolute atomic E-state index is 0.000582. The van der Waals surface area contributed by atoms with Crippen LogP contribution >= 0.6 is 15.9 Å². The largest absolute Gasteiger partial charge is 0.507 e. The van der Waals surface area contributed by atoms with Crippen LogP contribution in [-0.2, 0) is 7.05 Å². The van der Waals surface area contributed by atoms with E-state index in [-0.39, 0.29) is 11.7 Å². The van der Waals surface area contributed by atoms with Crippen LogP contribution in [0.1, 0.15) is 10.4 Å². The summed E-state index contributed by atoms with van der Waals surface area (Å²) in [5.41, 5.74) is 6.38. The molecule has 94 valence electrons. The number of anilines is 2. The molecule has 0 unspecified atom stereocenters. The smallest absolute Gasteiger partial charge is 0.257 e. The Morgan fingerprint density at radius 1 is 1.56 bits per heavy atom. The topological polar surface area (TPSA) is 93.2 Å². The van der Waals surface area contributed by atoms with E-state index in [1.165, 1.54) is 16.9 Å². The van der Waals surface area contributed by atoms with Crippen LogP contribution < -0.4 is 11.1 Å². The normalized spacial score (nSPS) is 10.3. The van der Waals surface area contributed by atoms with Crippen LogP contribution in [0.25, 0.3) is 0 Å². The zero-order valence-electron chi connectivity index (χ0n) is 9.51. The highest BCUT2D eigenvalue weighted by molar-refractivity contribution is 9.10. The summed E-state index contributed by atoms with van der Waals surface area (Å²) in [4.78, 5) is 11.9. The lowest BCUT2D eigenvalue weighted by molar-refractivity contribution is 0.102. The molecule has 0 fully saturated rings. The van der Waals surface area contributed by atoms with Crippen LogP contribution in [0, 0.1) is 0 Å². The van der Waals surface area contributed by atoms with Gasteiger partial charge in [0.05, 0.1) is 16.4 Å².